The summed E-state index contributed by atoms with van der Waals surface area (Å²) in [4.78, 5) is 28.1. The van der Waals surface area contributed by atoms with E-state index in [1.54, 1.807) is 24.3 Å². The number of amidine groups is 1. The van der Waals surface area contributed by atoms with E-state index < -0.39 is 5.97 Å². The van der Waals surface area contributed by atoms with Crippen molar-refractivity contribution in [2.24, 2.45) is 4.99 Å². The van der Waals surface area contributed by atoms with E-state index in [-0.39, 0.29) is 23.1 Å². The Morgan fingerprint density at radius 1 is 1.38 bits per heavy atom. The summed E-state index contributed by atoms with van der Waals surface area (Å²) in [5.41, 5.74) is 0.806. The van der Waals surface area contributed by atoms with Crippen molar-refractivity contribution in [1.29, 1.82) is 0 Å². The fraction of sp³-hybridized carbons (Fsp3) is 0.0500. The molecule has 9 heteroatoms. The minimum Gasteiger partial charge on any atom is -0.545 e. The molecule has 0 bridgehead atoms. The highest BCUT2D eigenvalue weighted by molar-refractivity contribution is 9.10. The smallest absolute Gasteiger partial charge is 0.264 e. The number of carbonyl (C=O) groups excluding carboxylic acids is 2. The van der Waals surface area contributed by atoms with Crippen LogP contribution in [0.25, 0.3) is 6.08 Å². The zero-order chi connectivity index (χ0) is 21.0. The maximum atomic E-state index is 12.3. The van der Waals surface area contributed by atoms with Crippen LogP contribution in [-0.2, 0) is 4.79 Å². The quantitative estimate of drug-likeness (QED) is 0.513. The standard InChI is InChI=1S/C20H12BrClN2O4S/c1-2-7-28-16-6-3-12(21)8-11(16)9-17-18(25)24-20(29-17)23-13-4-5-15(22)14(10-13)19(26)27/h1,3-6,8-10H,7H2,(H,26,27)(H,23,24,25)/p-1/b17-9+. The lowest BCUT2D eigenvalue weighted by Crippen LogP contribution is -2.22. The van der Waals surface area contributed by atoms with Gasteiger partial charge in [0, 0.05) is 20.6 Å². The number of carboxylic acids is 1. The molecule has 0 saturated carbocycles. The lowest BCUT2D eigenvalue weighted by molar-refractivity contribution is -0.255. The SMILES string of the molecule is C#CCOc1ccc(Br)cc1/C=C1/SC(=Nc2ccc(Cl)c(C(=O)[O-])c2)NC1=O. The van der Waals surface area contributed by atoms with Gasteiger partial charge in [0.2, 0.25) is 0 Å². The van der Waals surface area contributed by atoms with Crippen molar-refractivity contribution in [2.75, 3.05) is 6.61 Å². The van der Waals surface area contributed by atoms with Crippen LogP contribution in [0.15, 0.2) is 50.8 Å². The van der Waals surface area contributed by atoms with E-state index >= 15 is 0 Å². The largest absolute Gasteiger partial charge is 0.545 e. The maximum Gasteiger partial charge on any atom is 0.264 e. The van der Waals surface area contributed by atoms with Crippen LogP contribution < -0.4 is 15.2 Å². The molecule has 0 unspecified atom stereocenters. The third-order valence-corrected chi connectivity index (χ3v) is 5.35. The van der Waals surface area contributed by atoms with E-state index in [2.05, 4.69) is 32.2 Å². The highest BCUT2D eigenvalue weighted by atomic mass is 79.9. The van der Waals surface area contributed by atoms with E-state index in [4.69, 9.17) is 22.8 Å². The molecule has 0 aliphatic carbocycles. The summed E-state index contributed by atoms with van der Waals surface area (Å²) in [6.07, 6.45) is 6.90. The summed E-state index contributed by atoms with van der Waals surface area (Å²) in [5, 5.41) is 14.1. The molecule has 1 aliphatic heterocycles. The van der Waals surface area contributed by atoms with Crippen LogP contribution in [0.5, 0.6) is 5.75 Å². The van der Waals surface area contributed by atoms with Crippen LogP contribution in [0.4, 0.5) is 5.69 Å². The molecule has 1 amide bonds. The van der Waals surface area contributed by atoms with Crippen molar-refractivity contribution < 1.29 is 19.4 Å². The van der Waals surface area contributed by atoms with Gasteiger partial charge in [-0.3, -0.25) is 4.79 Å². The lowest BCUT2D eigenvalue weighted by atomic mass is 10.2. The number of hydrogen-bond donors (Lipinski definition) is 1. The van der Waals surface area contributed by atoms with E-state index in [9.17, 15) is 14.7 Å². The first-order chi connectivity index (χ1) is 13.9. The van der Waals surface area contributed by atoms with Gasteiger partial charge in [-0.2, -0.15) is 0 Å². The van der Waals surface area contributed by atoms with Crippen LogP contribution >= 0.6 is 39.3 Å². The second-order valence-electron chi connectivity index (χ2n) is 5.61. The van der Waals surface area contributed by atoms with Gasteiger partial charge in [-0.15, -0.1) is 6.42 Å². The summed E-state index contributed by atoms with van der Waals surface area (Å²) >= 11 is 10.3. The number of aromatic carboxylic acids is 1. The molecular formula is C20H11BrClN2O4S-. The number of ether oxygens (including phenoxy) is 1. The van der Waals surface area contributed by atoms with Crippen molar-refractivity contribution in [3.05, 3.63) is 61.9 Å². The van der Waals surface area contributed by atoms with Gasteiger partial charge in [0.05, 0.1) is 16.6 Å². The number of rotatable bonds is 5. The molecule has 1 N–H and O–H groups in total. The van der Waals surface area contributed by atoms with Gasteiger partial charge >= 0.3 is 0 Å². The number of carboxylic acid groups (broad SMARTS) is 1. The third-order valence-electron chi connectivity index (χ3n) is 3.62. The van der Waals surface area contributed by atoms with Crippen molar-refractivity contribution in [2.45, 2.75) is 0 Å². The zero-order valence-corrected chi connectivity index (χ0v) is 17.7. The normalized spacial score (nSPS) is 16.0. The first kappa shape index (κ1) is 21.0. The van der Waals surface area contributed by atoms with Gasteiger partial charge in [0.25, 0.3) is 5.91 Å². The Labute approximate surface area is 184 Å². The topological polar surface area (TPSA) is 90.8 Å². The Morgan fingerprint density at radius 3 is 2.90 bits per heavy atom. The fourth-order valence-corrected chi connectivity index (χ4v) is 3.77. The number of terminal acetylenes is 1. The number of thioether (sulfide) groups is 1. The summed E-state index contributed by atoms with van der Waals surface area (Å²) in [6.45, 7) is 0.0984. The monoisotopic (exact) mass is 489 g/mol. The minimum absolute atomic E-state index is 0.0480. The second kappa shape index (κ2) is 9.18. The number of benzene rings is 2. The van der Waals surface area contributed by atoms with Gasteiger partial charge in [0.1, 0.15) is 12.4 Å². The Bertz CT molecular complexity index is 1110. The predicted octanol–water partition coefficient (Wildman–Crippen LogP) is 3.37. The van der Waals surface area contributed by atoms with E-state index in [1.807, 2.05) is 0 Å². The molecule has 3 rings (SSSR count). The molecule has 1 saturated heterocycles. The molecule has 0 atom stereocenters. The summed E-state index contributed by atoms with van der Waals surface area (Å²) in [5.74, 6) is 1.18. The highest BCUT2D eigenvalue weighted by Crippen LogP contribution is 2.32. The summed E-state index contributed by atoms with van der Waals surface area (Å²) in [6, 6.07) is 9.57. The average Bonchev–Trinajstić information content (AvgIpc) is 3.01. The first-order valence-corrected chi connectivity index (χ1v) is 10.0. The first-order valence-electron chi connectivity index (χ1n) is 8.03. The molecule has 6 nitrogen and oxygen atoms in total. The molecular weight excluding hydrogens is 480 g/mol. The van der Waals surface area contributed by atoms with Crippen molar-refractivity contribution in [1.82, 2.24) is 5.32 Å². The number of aliphatic imine (C=N–C) groups is 1. The van der Waals surface area contributed by atoms with Crippen molar-refractivity contribution in [3.8, 4) is 18.1 Å². The molecule has 1 aliphatic rings. The van der Waals surface area contributed by atoms with Crippen molar-refractivity contribution in [3.63, 3.8) is 0 Å². The summed E-state index contributed by atoms with van der Waals surface area (Å²) < 4.78 is 6.32. The van der Waals surface area contributed by atoms with Crippen LogP contribution in [0.1, 0.15) is 15.9 Å². The predicted molar refractivity (Wildman–Crippen MR) is 115 cm³/mol. The molecule has 146 valence electrons. The summed E-state index contributed by atoms with van der Waals surface area (Å²) in [7, 11) is 0. The average molecular weight is 491 g/mol. The zero-order valence-electron chi connectivity index (χ0n) is 14.6. The number of nitrogens with one attached hydrogen (secondary N) is 1. The van der Waals surface area contributed by atoms with Gasteiger partial charge in [-0.25, -0.2) is 4.99 Å². The minimum atomic E-state index is -1.41. The van der Waals surface area contributed by atoms with Gasteiger partial charge in [-0.05, 0) is 54.2 Å². The molecule has 2 aromatic carbocycles. The highest BCUT2D eigenvalue weighted by Gasteiger charge is 2.24. The second-order valence-corrected chi connectivity index (χ2v) is 7.96. The number of hydrogen-bond acceptors (Lipinski definition) is 6. The Morgan fingerprint density at radius 2 is 2.17 bits per heavy atom. The molecule has 0 spiro atoms. The molecule has 0 aromatic heterocycles. The Kier molecular flexibility index (Phi) is 6.64. The van der Waals surface area contributed by atoms with Crippen LogP contribution in [0.3, 0.4) is 0 Å². The molecule has 2 aromatic rings. The van der Waals surface area contributed by atoms with E-state index in [0.29, 0.717) is 27.1 Å². The third kappa shape index (κ3) is 5.21. The number of nitrogens with zero attached hydrogens (tertiary/aromatic N) is 1. The number of amides is 1. The van der Waals surface area contributed by atoms with Gasteiger partial charge in [-0.1, -0.05) is 33.5 Å². The number of carbonyl (C=O) groups is 2. The lowest BCUT2D eigenvalue weighted by Gasteiger charge is -2.07. The van der Waals surface area contributed by atoms with Crippen molar-refractivity contribution >= 4 is 68.1 Å². The van der Waals surface area contributed by atoms with E-state index in [1.165, 1.54) is 18.2 Å². The number of halogens is 2. The molecule has 29 heavy (non-hydrogen) atoms. The van der Waals surface area contributed by atoms with Crippen LogP contribution in [-0.4, -0.2) is 23.7 Å². The van der Waals surface area contributed by atoms with Crippen LogP contribution in [0, 0.1) is 12.3 Å². The maximum absolute atomic E-state index is 12.3. The van der Waals surface area contributed by atoms with Gasteiger partial charge < -0.3 is 20.0 Å². The van der Waals surface area contributed by atoms with E-state index in [0.717, 1.165) is 16.2 Å². The van der Waals surface area contributed by atoms with Crippen LogP contribution in [0.2, 0.25) is 5.02 Å². The Hall–Kier alpha value is -2.73. The molecule has 1 heterocycles. The fourth-order valence-electron chi connectivity index (χ4n) is 2.36. The molecule has 1 fully saturated rings. The Balaban J connectivity index is 1.89. The van der Waals surface area contributed by atoms with Gasteiger partial charge in [0.15, 0.2) is 5.17 Å². The molecule has 0 radical (unpaired) electrons.